The Labute approximate surface area is 70.5 Å². The second-order valence-electron chi connectivity index (χ2n) is 3.32. The maximum Gasteiger partial charge on any atom is 0.0543 e. The summed E-state index contributed by atoms with van der Waals surface area (Å²) in [6.07, 6.45) is 3.77. The number of rotatable bonds is 6. The van der Waals surface area contributed by atoms with Crippen LogP contribution in [0.3, 0.4) is 0 Å². The molecule has 3 N–H and O–H groups in total. The minimum absolute atomic E-state index is 0.189. The summed E-state index contributed by atoms with van der Waals surface area (Å²) in [5, 5.41) is 3.29. The molecule has 0 fully saturated rings. The van der Waals surface area contributed by atoms with E-state index < -0.39 is 0 Å². The quantitative estimate of drug-likeness (QED) is 0.577. The molecule has 0 saturated carbocycles. The Balaban J connectivity index is 3.22. The average molecular weight is 158 g/mol. The first-order valence-electron chi connectivity index (χ1n) is 4.69. The largest absolute Gasteiger partial charge is 0.316 e. The summed E-state index contributed by atoms with van der Waals surface area (Å²) in [5.41, 5.74) is 5.71. The molecule has 2 unspecified atom stereocenters. The molecule has 0 bridgehead atoms. The van der Waals surface area contributed by atoms with Crippen LogP contribution in [0.15, 0.2) is 0 Å². The second-order valence-corrected chi connectivity index (χ2v) is 3.32. The maximum atomic E-state index is 5.71. The van der Waals surface area contributed by atoms with E-state index in [0.717, 1.165) is 18.9 Å². The van der Waals surface area contributed by atoms with Gasteiger partial charge in [0.2, 0.25) is 0 Å². The molecule has 0 aromatic rings. The van der Waals surface area contributed by atoms with Crippen molar-refractivity contribution in [3.05, 3.63) is 0 Å². The van der Waals surface area contributed by atoms with Gasteiger partial charge in [0.15, 0.2) is 0 Å². The van der Waals surface area contributed by atoms with Crippen molar-refractivity contribution in [3.8, 4) is 0 Å². The molecule has 2 atom stereocenters. The first kappa shape index (κ1) is 10.9. The van der Waals surface area contributed by atoms with Crippen LogP contribution >= 0.6 is 0 Å². The van der Waals surface area contributed by atoms with E-state index in [-0.39, 0.29) is 6.17 Å². The van der Waals surface area contributed by atoms with E-state index in [2.05, 4.69) is 26.1 Å². The monoisotopic (exact) mass is 158 g/mol. The Morgan fingerprint density at radius 2 is 2.00 bits per heavy atom. The highest BCUT2D eigenvalue weighted by atomic mass is 15.0. The van der Waals surface area contributed by atoms with Gasteiger partial charge in [-0.1, -0.05) is 27.2 Å². The van der Waals surface area contributed by atoms with Gasteiger partial charge in [-0.15, -0.1) is 0 Å². The van der Waals surface area contributed by atoms with Crippen molar-refractivity contribution in [2.24, 2.45) is 11.7 Å². The third-order valence-corrected chi connectivity index (χ3v) is 1.95. The van der Waals surface area contributed by atoms with Gasteiger partial charge in [0.1, 0.15) is 0 Å². The normalized spacial score (nSPS) is 16.4. The van der Waals surface area contributed by atoms with Crippen molar-refractivity contribution in [2.45, 2.75) is 46.2 Å². The van der Waals surface area contributed by atoms with Crippen LogP contribution in [0.1, 0.15) is 40.0 Å². The molecule has 0 saturated heterocycles. The van der Waals surface area contributed by atoms with E-state index in [0.29, 0.717) is 0 Å². The van der Waals surface area contributed by atoms with Crippen LogP contribution in [0.2, 0.25) is 0 Å². The van der Waals surface area contributed by atoms with E-state index in [1.54, 1.807) is 0 Å². The SMILES string of the molecule is CCCC(C)CNC(N)CC. The second kappa shape index (κ2) is 6.62. The Kier molecular flexibility index (Phi) is 6.57. The van der Waals surface area contributed by atoms with Gasteiger partial charge < -0.3 is 11.1 Å². The van der Waals surface area contributed by atoms with Crippen molar-refractivity contribution >= 4 is 0 Å². The summed E-state index contributed by atoms with van der Waals surface area (Å²) in [6, 6.07) is 0. The lowest BCUT2D eigenvalue weighted by molar-refractivity contribution is 0.423. The van der Waals surface area contributed by atoms with E-state index in [1.165, 1.54) is 12.8 Å². The van der Waals surface area contributed by atoms with E-state index in [1.807, 2.05) is 0 Å². The predicted molar refractivity (Wildman–Crippen MR) is 50.3 cm³/mol. The number of nitrogens with one attached hydrogen (secondary N) is 1. The molecule has 68 valence electrons. The van der Waals surface area contributed by atoms with Gasteiger partial charge in [-0.2, -0.15) is 0 Å². The minimum atomic E-state index is 0.189. The Morgan fingerprint density at radius 3 is 2.45 bits per heavy atom. The van der Waals surface area contributed by atoms with Crippen LogP contribution in [-0.2, 0) is 0 Å². The van der Waals surface area contributed by atoms with Crippen molar-refractivity contribution in [3.63, 3.8) is 0 Å². The molecule has 0 radical (unpaired) electrons. The third kappa shape index (κ3) is 6.32. The molecule has 0 amide bonds. The summed E-state index contributed by atoms with van der Waals surface area (Å²) in [6.45, 7) is 7.64. The topological polar surface area (TPSA) is 38.0 Å². The van der Waals surface area contributed by atoms with Gasteiger partial charge in [-0.3, -0.25) is 0 Å². The van der Waals surface area contributed by atoms with Crippen LogP contribution in [0.5, 0.6) is 0 Å². The average Bonchev–Trinajstić information content (AvgIpc) is 2.01. The molecule has 0 spiro atoms. The molecule has 0 heterocycles. The van der Waals surface area contributed by atoms with Crippen molar-refractivity contribution in [1.82, 2.24) is 5.32 Å². The first-order chi connectivity index (χ1) is 5.20. The van der Waals surface area contributed by atoms with Crippen LogP contribution < -0.4 is 11.1 Å². The molecule has 0 aliphatic rings. The van der Waals surface area contributed by atoms with E-state index >= 15 is 0 Å². The lowest BCUT2D eigenvalue weighted by Gasteiger charge is -2.15. The zero-order valence-corrected chi connectivity index (χ0v) is 8.06. The van der Waals surface area contributed by atoms with Gasteiger partial charge >= 0.3 is 0 Å². The lowest BCUT2D eigenvalue weighted by Crippen LogP contribution is -2.39. The van der Waals surface area contributed by atoms with E-state index in [9.17, 15) is 0 Å². The molecule has 2 heteroatoms. The molecule has 0 aliphatic carbocycles. The molecule has 11 heavy (non-hydrogen) atoms. The molecule has 0 rings (SSSR count). The highest BCUT2D eigenvalue weighted by Crippen LogP contribution is 2.02. The number of hydrogen-bond donors (Lipinski definition) is 2. The summed E-state index contributed by atoms with van der Waals surface area (Å²) in [5.74, 6) is 0.762. The summed E-state index contributed by atoms with van der Waals surface area (Å²) in [4.78, 5) is 0. The Morgan fingerprint density at radius 1 is 1.36 bits per heavy atom. The predicted octanol–water partition coefficient (Wildman–Crippen LogP) is 1.71. The maximum absolute atomic E-state index is 5.71. The summed E-state index contributed by atoms with van der Waals surface area (Å²) in [7, 11) is 0. The summed E-state index contributed by atoms with van der Waals surface area (Å²) < 4.78 is 0. The molecule has 0 aromatic carbocycles. The fourth-order valence-electron chi connectivity index (χ4n) is 1.09. The highest BCUT2D eigenvalue weighted by Gasteiger charge is 2.02. The van der Waals surface area contributed by atoms with E-state index in [4.69, 9.17) is 5.73 Å². The molecular formula is C9H22N2. The number of hydrogen-bond acceptors (Lipinski definition) is 2. The molecule has 2 nitrogen and oxygen atoms in total. The summed E-state index contributed by atoms with van der Waals surface area (Å²) >= 11 is 0. The highest BCUT2D eigenvalue weighted by molar-refractivity contribution is 4.60. The molecular weight excluding hydrogens is 136 g/mol. The minimum Gasteiger partial charge on any atom is -0.316 e. The van der Waals surface area contributed by atoms with Crippen LogP contribution in [0.4, 0.5) is 0 Å². The smallest absolute Gasteiger partial charge is 0.0543 e. The van der Waals surface area contributed by atoms with Gasteiger partial charge in [0, 0.05) is 0 Å². The number of nitrogens with two attached hydrogens (primary N) is 1. The van der Waals surface area contributed by atoms with Gasteiger partial charge in [0.25, 0.3) is 0 Å². The van der Waals surface area contributed by atoms with Crippen LogP contribution in [-0.4, -0.2) is 12.7 Å². The van der Waals surface area contributed by atoms with Crippen molar-refractivity contribution < 1.29 is 0 Å². The zero-order valence-electron chi connectivity index (χ0n) is 8.06. The fourth-order valence-corrected chi connectivity index (χ4v) is 1.09. The van der Waals surface area contributed by atoms with Crippen molar-refractivity contribution in [1.29, 1.82) is 0 Å². The standard InChI is InChI=1S/C9H22N2/c1-4-6-8(3)7-11-9(10)5-2/h8-9,11H,4-7,10H2,1-3H3. The van der Waals surface area contributed by atoms with Crippen LogP contribution in [0.25, 0.3) is 0 Å². The first-order valence-corrected chi connectivity index (χ1v) is 4.69. The third-order valence-electron chi connectivity index (χ3n) is 1.95. The van der Waals surface area contributed by atoms with Gasteiger partial charge in [-0.05, 0) is 25.3 Å². The zero-order chi connectivity index (χ0) is 8.69. The molecule has 0 aromatic heterocycles. The fraction of sp³-hybridized carbons (Fsp3) is 1.00. The van der Waals surface area contributed by atoms with Gasteiger partial charge in [0.05, 0.1) is 6.17 Å². The Bertz CT molecular complexity index is 83.6. The van der Waals surface area contributed by atoms with Crippen LogP contribution in [0, 0.1) is 5.92 Å². The van der Waals surface area contributed by atoms with Crippen molar-refractivity contribution in [2.75, 3.05) is 6.54 Å². The molecule has 0 aliphatic heterocycles. The van der Waals surface area contributed by atoms with Gasteiger partial charge in [-0.25, -0.2) is 0 Å². The Hall–Kier alpha value is -0.0800. The lowest BCUT2D eigenvalue weighted by atomic mass is 10.1.